The standard InChI is InChI=1S/C13H20FN5/c1-9(2)19-11(5-6-16-19)7-15-8-12-10(3)17-18(4)13(12)14/h5-6,9,15H,7-8H2,1-4H3. The van der Waals surface area contributed by atoms with Crippen LogP contribution in [0, 0.1) is 12.9 Å². The topological polar surface area (TPSA) is 47.7 Å². The number of aryl methyl sites for hydroxylation is 2. The molecule has 0 saturated carbocycles. The van der Waals surface area contributed by atoms with Gasteiger partial charge in [-0.15, -0.1) is 0 Å². The molecule has 0 radical (unpaired) electrons. The maximum Gasteiger partial charge on any atom is 0.215 e. The molecule has 104 valence electrons. The third-order valence-corrected chi connectivity index (χ3v) is 3.12. The lowest BCUT2D eigenvalue weighted by Crippen LogP contribution is -2.18. The molecule has 2 aromatic heterocycles. The number of rotatable bonds is 5. The molecule has 0 amide bonds. The summed E-state index contributed by atoms with van der Waals surface area (Å²) in [5.41, 5.74) is 2.44. The summed E-state index contributed by atoms with van der Waals surface area (Å²) >= 11 is 0. The molecule has 0 unspecified atom stereocenters. The van der Waals surface area contributed by atoms with E-state index in [1.54, 1.807) is 13.2 Å². The summed E-state index contributed by atoms with van der Waals surface area (Å²) < 4.78 is 17.0. The van der Waals surface area contributed by atoms with E-state index in [1.807, 2.05) is 17.7 Å². The Morgan fingerprint density at radius 1 is 1.37 bits per heavy atom. The highest BCUT2D eigenvalue weighted by Gasteiger charge is 2.12. The Kier molecular flexibility index (Phi) is 3.99. The maximum absolute atomic E-state index is 13.7. The first-order valence-electron chi connectivity index (χ1n) is 6.41. The van der Waals surface area contributed by atoms with Crippen molar-refractivity contribution in [3.05, 3.63) is 35.2 Å². The molecule has 0 aliphatic heterocycles. The molecule has 0 spiro atoms. The van der Waals surface area contributed by atoms with Gasteiger partial charge in [-0.25, -0.2) is 4.68 Å². The lowest BCUT2D eigenvalue weighted by molar-refractivity contribution is 0.479. The quantitative estimate of drug-likeness (QED) is 0.898. The zero-order chi connectivity index (χ0) is 14.0. The lowest BCUT2D eigenvalue weighted by Gasteiger charge is -2.11. The monoisotopic (exact) mass is 265 g/mol. The van der Waals surface area contributed by atoms with Crippen LogP contribution in [0.5, 0.6) is 0 Å². The highest BCUT2D eigenvalue weighted by atomic mass is 19.1. The van der Waals surface area contributed by atoms with Gasteiger partial charge in [0.05, 0.1) is 11.4 Å². The molecule has 19 heavy (non-hydrogen) atoms. The Hall–Kier alpha value is -1.69. The minimum atomic E-state index is -0.276. The average Bonchev–Trinajstić information content (AvgIpc) is 2.89. The maximum atomic E-state index is 13.7. The van der Waals surface area contributed by atoms with E-state index in [9.17, 15) is 4.39 Å². The van der Waals surface area contributed by atoms with E-state index in [0.29, 0.717) is 24.7 Å². The van der Waals surface area contributed by atoms with E-state index < -0.39 is 0 Å². The number of nitrogens with zero attached hydrogens (tertiary/aromatic N) is 4. The minimum absolute atomic E-state index is 0.276. The Balaban J connectivity index is 1.98. The number of halogens is 1. The normalized spacial score (nSPS) is 11.5. The first kappa shape index (κ1) is 13.7. The van der Waals surface area contributed by atoms with E-state index in [2.05, 4.69) is 29.4 Å². The van der Waals surface area contributed by atoms with Crippen molar-refractivity contribution in [2.24, 2.45) is 7.05 Å². The molecule has 2 aromatic rings. The van der Waals surface area contributed by atoms with Crippen LogP contribution >= 0.6 is 0 Å². The van der Waals surface area contributed by atoms with Crippen molar-refractivity contribution in [2.75, 3.05) is 0 Å². The zero-order valence-corrected chi connectivity index (χ0v) is 11.8. The molecule has 0 fully saturated rings. The van der Waals surface area contributed by atoms with Gasteiger partial charge in [0.1, 0.15) is 0 Å². The molecule has 5 nitrogen and oxygen atoms in total. The summed E-state index contributed by atoms with van der Waals surface area (Å²) in [5, 5.41) is 11.6. The van der Waals surface area contributed by atoms with Gasteiger partial charge < -0.3 is 5.32 Å². The van der Waals surface area contributed by atoms with Crippen molar-refractivity contribution in [1.82, 2.24) is 24.9 Å². The summed E-state index contributed by atoms with van der Waals surface area (Å²) in [5.74, 6) is -0.276. The van der Waals surface area contributed by atoms with Gasteiger partial charge in [0, 0.05) is 37.9 Å². The van der Waals surface area contributed by atoms with Gasteiger partial charge in [-0.05, 0) is 26.8 Å². The summed E-state index contributed by atoms with van der Waals surface area (Å²) in [6.07, 6.45) is 1.78. The van der Waals surface area contributed by atoms with Crippen LogP contribution in [0.2, 0.25) is 0 Å². The van der Waals surface area contributed by atoms with Crippen LogP contribution in [0.4, 0.5) is 4.39 Å². The van der Waals surface area contributed by atoms with Crippen molar-refractivity contribution < 1.29 is 4.39 Å². The molecule has 2 rings (SSSR count). The largest absolute Gasteiger partial charge is 0.307 e. The SMILES string of the molecule is Cc1nn(C)c(F)c1CNCc1ccnn1C(C)C. The van der Waals surface area contributed by atoms with Gasteiger partial charge in [0.2, 0.25) is 5.95 Å². The van der Waals surface area contributed by atoms with Crippen LogP contribution in [-0.4, -0.2) is 19.6 Å². The first-order valence-corrected chi connectivity index (χ1v) is 6.41. The Bertz CT molecular complexity index is 555. The van der Waals surface area contributed by atoms with E-state index in [1.165, 1.54) is 4.68 Å². The van der Waals surface area contributed by atoms with Gasteiger partial charge in [-0.3, -0.25) is 4.68 Å². The van der Waals surface area contributed by atoms with Crippen molar-refractivity contribution in [2.45, 2.75) is 39.9 Å². The molecular formula is C13H20FN5. The van der Waals surface area contributed by atoms with Crippen molar-refractivity contribution in [3.8, 4) is 0 Å². The van der Waals surface area contributed by atoms with Crippen LogP contribution < -0.4 is 5.32 Å². The summed E-state index contributed by atoms with van der Waals surface area (Å²) in [6.45, 7) is 7.11. The van der Waals surface area contributed by atoms with Crippen LogP contribution in [-0.2, 0) is 20.1 Å². The number of hydrogen-bond donors (Lipinski definition) is 1. The predicted octanol–water partition coefficient (Wildman–Crippen LogP) is 1.93. The smallest absolute Gasteiger partial charge is 0.215 e. The Morgan fingerprint density at radius 2 is 2.11 bits per heavy atom. The fraction of sp³-hybridized carbons (Fsp3) is 0.538. The number of aromatic nitrogens is 4. The highest BCUT2D eigenvalue weighted by Crippen LogP contribution is 2.12. The molecule has 0 aromatic carbocycles. The predicted molar refractivity (Wildman–Crippen MR) is 71.1 cm³/mol. The second kappa shape index (κ2) is 5.52. The lowest BCUT2D eigenvalue weighted by atomic mass is 10.2. The van der Waals surface area contributed by atoms with Crippen LogP contribution in [0.25, 0.3) is 0 Å². The van der Waals surface area contributed by atoms with Crippen LogP contribution in [0.1, 0.15) is 36.8 Å². The third kappa shape index (κ3) is 2.84. The van der Waals surface area contributed by atoms with Crippen molar-refractivity contribution in [3.63, 3.8) is 0 Å². The second-order valence-electron chi connectivity index (χ2n) is 4.94. The molecule has 2 heterocycles. The fourth-order valence-corrected chi connectivity index (χ4v) is 2.14. The van der Waals surface area contributed by atoms with Crippen molar-refractivity contribution >= 4 is 0 Å². The van der Waals surface area contributed by atoms with Gasteiger partial charge >= 0.3 is 0 Å². The number of nitrogens with one attached hydrogen (secondary N) is 1. The average molecular weight is 265 g/mol. The van der Waals surface area contributed by atoms with Crippen LogP contribution in [0.3, 0.4) is 0 Å². The summed E-state index contributed by atoms with van der Waals surface area (Å²) in [7, 11) is 1.61. The molecule has 1 N–H and O–H groups in total. The Morgan fingerprint density at radius 3 is 2.68 bits per heavy atom. The van der Waals surface area contributed by atoms with Crippen molar-refractivity contribution in [1.29, 1.82) is 0 Å². The van der Waals surface area contributed by atoms with E-state index >= 15 is 0 Å². The Labute approximate surface area is 112 Å². The number of hydrogen-bond acceptors (Lipinski definition) is 3. The molecule has 0 aliphatic carbocycles. The summed E-state index contributed by atoms with van der Waals surface area (Å²) in [6, 6.07) is 2.29. The molecule has 0 saturated heterocycles. The second-order valence-corrected chi connectivity index (χ2v) is 4.94. The first-order chi connectivity index (χ1) is 9.00. The highest BCUT2D eigenvalue weighted by molar-refractivity contribution is 5.17. The molecule has 0 aliphatic rings. The van der Waals surface area contributed by atoms with Gasteiger partial charge in [0.15, 0.2) is 0 Å². The fourth-order valence-electron chi connectivity index (χ4n) is 2.14. The minimum Gasteiger partial charge on any atom is -0.307 e. The summed E-state index contributed by atoms with van der Waals surface area (Å²) in [4.78, 5) is 0. The van der Waals surface area contributed by atoms with E-state index in [-0.39, 0.29) is 5.95 Å². The van der Waals surface area contributed by atoms with E-state index in [0.717, 1.165) is 11.4 Å². The molecule has 6 heteroatoms. The molecule has 0 atom stereocenters. The third-order valence-electron chi connectivity index (χ3n) is 3.12. The molecular weight excluding hydrogens is 245 g/mol. The van der Waals surface area contributed by atoms with Gasteiger partial charge in [-0.2, -0.15) is 14.6 Å². The van der Waals surface area contributed by atoms with Crippen LogP contribution in [0.15, 0.2) is 12.3 Å². The van der Waals surface area contributed by atoms with Gasteiger partial charge in [-0.1, -0.05) is 0 Å². The van der Waals surface area contributed by atoms with E-state index in [4.69, 9.17) is 0 Å². The zero-order valence-electron chi connectivity index (χ0n) is 11.8. The van der Waals surface area contributed by atoms with Gasteiger partial charge in [0.25, 0.3) is 0 Å². The molecule has 0 bridgehead atoms.